The van der Waals surface area contributed by atoms with E-state index in [2.05, 4.69) is 14.9 Å². The van der Waals surface area contributed by atoms with E-state index in [4.69, 9.17) is 0 Å². The number of hydrogen-bond donors (Lipinski definition) is 1. The van der Waals surface area contributed by atoms with Crippen molar-refractivity contribution < 1.29 is 8.78 Å². The van der Waals surface area contributed by atoms with Crippen LogP contribution < -0.4 is 5.32 Å². The predicted octanol–water partition coefficient (Wildman–Crippen LogP) is 3.81. The SMILES string of the molecule is CCNC(c1ccc(F)cc1F)c1snnc1C(C)(C)C. The Morgan fingerprint density at radius 3 is 2.57 bits per heavy atom. The average molecular weight is 311 g/mol. The monoisotopic (exact) mass is 311 g/mol. The molecule has 1 heterocycles. The van der Waals surface area contributed by atoms with Crippen LogP contribution in [0.4, 0.5) is 8.78 Å². The molecule has 0 aliphatic rings. The largest absolute Gasteiger partial charge is 0.306 e. The molecule has 0 saturated heterocycles. The molecule has 0 saturated carbocycles. The van der Waals surface area contributed by atoms with Crippen molar-refractivity contribution in [3.63, 3.8) is 0 Å². The van der Waals surface area contributed by atoms with Crippen LogP contribution in [0.25, 0.3) is 0 Å². The Kier molecular flexibility index (Phi) is 4.68. The van der Waals surface area contributed by atoms with Gasteiger partial charge in [0, 0.05) is 17.0 Å². The molecular weight excluding hydrogens is 292 g/mol. The number of benzene rings is 1. The van der Waals surface area contributed by atoms with Gasteiger partial charge in [0.25, 0.3) is 0 Å². The first-order valence-electron chi connectivity index (χ1n) is 6.85. The van der Waals surface area contributed by atoms with Gasteiger partial charge in [-0.2, -0.15) is 0 Å². The molecule has 6 heteroatoms. The average Bonchev–Trinajstić information content (AvgIpc) is 2.85. The van der Waals surface area contributed by atoms with Gasteiger partial charge in [-0.25, -0.2) is 8.78 Å². The van der Waals surface area contributed by atoms with Crippen LogP contribution in [0.2, 0.25) is 0 Å². The molecule has 1 atom stereocenters. The molecule has 0 aliphatic carbocycles. The second-order valence-corrected chi connectivity index (χ2v) is 6.68. The Balaban J connectivity index is 2.52. The van der Waals surface area contributed by atoms with E-state index < -0.39 is 11.6 Å². The summed E-state index contributed by atoms with van der Waals surface area (Å²) in [5, 5.41) is 7.44. The number of halogens is 2. The first kappa shape index (κ1) is 16.0. The van der Waals surface area contributed by atoms with Crippen LogP contribution in [0.5, 0.6) is 0 Å². The van der Waals surface area contributed by atoms with Crippen LogP contribution in [0.1, 0.15) is 49.9 Å². The van der Waals surface area contributed by atoms with Gasteiger partial charge in [0.1, 0.15) is 11.6 Å². The maximum atomic E-state index is 14.1. The van der Waals surface area contributed by atoms with E-state index in [1.165, 1.54) is 23.7 Å². The summed E-state index contributed by atoms with van der Waals surface area (Å²) in [6, 6.07) is 3.29. The summed E-state index contributed by atoms with van der Waals surface area (Å²) in [4.78, 5) is 0.870. The molecule has 0 amide bonds. The van der Waals surface area contributed by atoms with Crippen LogP contribution in [0.15, 0.2) is 18.2 Å². The van der Waals surface area contributed by atoms with E-state index in [1.54, 1.807) is 0 Å². The van der Waals surface area contributed by atoms with Crippen molar-refractivity contribution in [3.8, 4) is 0 Å². The molecule has 114 valence electrons. The third kappa shape index (κ3) is 3.44. The molecule has 1 N–H and O–H groups in total. The minimum Gasteiger partial charge on any atom is -0.306 e. The highest BCUT2D eigenvalue weighted by Gasteiger charge is 2.29. The zero-order chi connectivity index (χ0) is 15.6. The summed E-state index contributed by atoms with van der Waals surface area (Å²) in [5.74, 6) is -1.14. The second-order valence-electron chi connectivity index (χ2n) is 5.89. The Morgan fingerprint density at radius 1 is 1.29 bits per heavy atom. The fraction of sp³-hybridized carbons (Fsp3) is 0.467. The lowest BCUT2D eigenvalue weighted by atomic mass is 9.88. The van der Waals surface area contributed by atoms with Crippen LogP contribution in [0.3, 0.4) is 0 Å². The molecule has 1 unspecified atom stereocenters. The van der Waals surface area contributed by atoms with Crippen molar-refractivity contribution in [3.05, 3.63) is 46.0 Å². The van der Waals surface area contributed by atoms with Crippen molar-refractivity contribution in [2.24, 2.45) is 0 Å². The molecule has 0 aliphatic heterocycles. The highest BCUT2D eigenvalue weighted by atomic mass is 32.1. The standard InChI is InChI=1S/C15H19F2N3S/c1-5-18-12(10-7-6-9(16)8-11(10)17)13-14(15(2,3)4)19-20-21-13/h6-8,12,18H,5H2,1-4H3. The fourth-order valence-electron chi connectivity index (χ4n) is 2.19. The summed E-state index contributed by atoms with van der Waals surface area (Å²) < 4.78 is 31.3. The number of aromatic nitrogens is 2. The summed E-state index contributed by atoms with van der Waals surface area (Å²) in [6.07, 6.45) is 0. The maximum Gasteiger partial charge on any atom is 0.131 e. The van der Waals surface area contributed by atoms with E-state index in [-0.39, 0.29) is 11.5 Å². The second kappa shape index (κ2) is 6.15. The number of hydrogen-bond acceptors (Lipinski definition) is 4. The molecule has 2 aromatic rings. The number of nitrogens with one attached hydrogen (secondary N) is 1. The van der Waals surface area contributed by atoms with Gasteiger partial charge < -0.3 is 5.32 Å². The quantitative estimate of drug-likeness (QED) is 0.933. The molecule has 1 aromatic heterocycles. The maximum absolute atomic E-state index is 14.1. The van der Waals surface area contributed by atoms with Gasteiger partial charge in [-0.3, -0.25) is 0 Å². The zero-order valence-corrected chi connectivity index (χ0v) is 13.4. The minimum atomic E-state index is -0.579. The van der Waals surface area contributed by atoms with E-state index in [9.17, 15) is 8.78 Å². The van der Waals surface area contributed by atoms with Crippen LogP contribution >= 0.6 is 11.5 Å². The number of nitrogens with zero attached hydrogens (tertiary/aromatic N) is 2. The predicted molar refractivity (Wildman–Crippen MR) is 80.5 cm³/mol. The summed E-state index contributed by atoms with van der Waals surface area (Å²) in [6.45, 7) is 8.72. The molecule has 2 rings (SSSR count). The highest BCUT2D eigenvalue weighted by molar-refractivity contribution is 7.05. The van der Waals surface area contributed by atoms with Gasteiger partial charge in [-0.1, -0.05) is 38.2 Å². The van der Waals surface area contributed by atoms with Gasteiger partial charge in [0.2, 0.25) is 0 Å². The van der Waals surface area contributed by atoms with E-state index in [0.29, 0.717) is 12.1 Å². The van der Waals surface area contributed by atoms with Gasteiger partial charge in [0.15, 0.2) is 0 Å². The Morgan fingerprint density at radius 2 is 2.00 bits per heavy atom. The van der Waals surface area contributed by atoms with Crippen LogP contribution in [0, 0.1) is 11.6 Å². The molecule has 21 heavy (non-hydrogen) atoms. The zero-order valence-electron chi connectivity index (χ0n) is 12.6. The molecule has 0 radical (unpaired) electrons. The third-order valence-electron chi connectivity index (χ3n) is 3.17. The molecule has 3 nitrogen and oxygen atoms in total. The van der Waals surface area contributed by atoms with E-state index >= 15 is 0 Å². The molecule has 0 bridgehead atoms. The van der Waals surface area contributed by atoms with Crippen molar-refractivity contribution in [1.82, 2.24) is 14.9 Å². The number of rotatable bonds is 4. The first-order chi connectivity index (χ1) is 9.84. The van der Waals surface area contributed by atoms with Gasteiger partial charge in [-0.05, 0) is 24.1 Å². The Labute approximate surface area is 127 Å². The fourth-order valence-corrected chi connectivity index (χ4v) is 3.15. The Hall–Kier alpha value is -1.40. The van der Waals surface area contributed by atoms with Gasteiger partial charge in [-0.15, -0.1) is 5.10 Å². The van der Waals surface area contributed by atoms with Gasteiger partial charge in [0.05, 0.1) is 16.6 Å². The summed E-state index contributed by atoms with van der Waals surface area (Å²) in [7, 11) is 0. The normalized spacial score (nSPS) is 13.4. The Bertz CT molecular complexity index is 620. The van der Waals surface area contributed by atoms with Crippen LogP contribution in [-0.4, -0.2) is 16.1 Å². The lowest BCUT2D eigenvalue weighted by Gasteiger charge is -2.23. The molecule has 0 fully saturated rings. The minimum absolute atomic E-state index is 0.188. The van der Waals surface area contributed by atoms with E-state index in [0.717, 1.165) is 16.6 Å². The van der Waals surface area contributed by atoms with Crippen molar-refractivity contribution in [2.45, 2.75) is 39.2 Å². The third-order valence-corrected chi connectivity index (χ3v) is 3.96. The van der Waals surface area contributed by atoms with Crippen LogP contribution in [-0.2, 0) is 5.41 Å². The van der Waals surface area contributed by atoms with Crippen molar-refractivity contribution in [2.75, 3.05) is 6.54 Å². The topological polar surface area (TPSA) is 37.8 Å². The lowest BCUT2D eigenvalue weighted by molar-refractivity contribution is 0.522. The van der Waals surface area contributed by atoms with Gasteiger partial charge >= 0.3 is 0 Å². The highest BCUT2D eigenvalue weighted by Crippen LogP contribution is 2.34. The molecule has 1 aromatic carbocycles. The van der Waals surface area contributed by atoms with Crippen molar-refractivity contribution >= 4 is 11.5 Å². The van der Waals surface area contributed by atoms with Crippen molar-refractivity contribution in [1.29, 1.82) is 0 Å². The molecular formula is C15H19F2N3S. The van der Waals surface area contributed by atoms with E-state index in [1.807, 2.05) is 27.7 Å². The summed E-state index contributed by atoms with van der Waals surface area (Å²) >= 11 is 1.25. The first-order valence-corrected chi connectivity index (χ1v) is 7.63. The summed E-state index contributed by atoms with van der Waals surface area (Å²) in [5.41, 5.74) is 1.06. The lowest BCUT2D eigenvalue weighted by Crippen LogP contribution is -2.25. The molecule has 0 spiro atoms. The smallest absolute Gasteiger partial charge is 0.131 e.